The lowest BCUT2D eigenvalue weighted by atomic mass is 9.94. The largest absolute Gasteiger partial charge is 0.458 e. The van der Waals surface area contributed by atoms with Gasteiger partial charge in [-0.25, -0.2) is 4.79 Å². The van der Waals surface area contributed by atoms with E-state index in [1.54, 1.807) is 62.4 Å². The molecule has 29 nitrogen and oxygen atoms in total. The van der Waals surface area contributed by atoms with Gasteiger partial charge in [0.15, 0.2) is 5.96 Å². The van der Waals surface area contributed by atoms with E-state index in [1.807, 2.05) is 30.3 Å². The summed E-state index contributed by atoms with van der Waals surface area (Å²) in [5.41, 5.74) is 17.2. The van der Waals surface area contributed by atoms with Crippen LogP contribution in [0.5, 0.6) is 0 Å². The van der Waals surface area contributed by atoms with Crippen LogP contribution in [0.4, 0.5) is 0 Å². The Hall–Kier alpha value is -7.95. The average molecular weight is 1230 g/mol. The number of carbonyl (C=O) groups is 12. The van der Waals surface area contributed by atoms with E-state index >= 15 is 0 Å². The van der Waals surface area contributed by atoms with Gasteiger partial charge in [-0.2, -0.15) is 0 Å². The molecule has 18 N–H and O–H groups in total. The third kappa shape index (κ3) is 24.4. The van der Waals surface area contributed by atoms with Crippen molar-refractivity contribution < 1.29 is 67.4 Å². The molecule has 1 aliphatic rings. The Labute approximate surface area is 509 Å². The van der Waals surface area contributed by atoms with Crippen molar-refractivity contribution >= 4 is 76.9 Å². The van der Waals surface area contributed by atoms with Gasteiger partial charge in [0.2, 0.25) is 65.0 Å². The number of nitrogens with two attached hydrogens (primary N) is 3. The number of hydrogen-bond donors (Lipinski definition) is 15. The fourth-order valence-electron chi connectivity index (χ4n) is 9.04. The third-order valence-corrected chi connectivity index (χ3v) is 15.7. The molecule has 2 rings (SSSR count). The molecule has 0 aliphatic carbocycles. The maximum absolute atomic E-state index is 14.4. The Morgan fingerprint density at radius 2 is 1.13 bits per heavy atom. The molecule has 1 fully saturated rings. The van der Waals surface area contributed by atoms with Crippen molar-refractivity contribution in [3.05, 3.63) is 35.9 Å². The van der Waals surface area contributed by atoms with Crippen molar-refractivity contribution in [1.82, 2.24) is 58.5 Å². The van der Waals surface area contributed by atoms with Gasteiger partial charge in [-0.05, 0) is 82.7 Å². The standard InChI is InChI=1S/C58H97N15O14/c1-13-29(5)42(53(82)64-34(10)48(77)73-46-35(11)87-57(86)45(32(8)16-4)72-49(78)37(23-20-26-63-58(60)61)66-47(76)33(9)65-56(46)85)71-55(84)44(31(7)15-3)69-50(79)38(24-25-41(59)75)67-52(81)40(28-74)68-54(83)43(30(6)14-2)70-51(80)39(62-12)27-36-21-18-17-19-22-36/h17-19,21-22,29-35,37-40,42-46,62,74H,13-16,20,23-28H2,1-12H3,(H2,59,75)(H,64,82)(H,65,85)(H,66,76)(H,67,81)(H,68,83)(H,69,79)(H,70,80)(H,71,84)(H,72,78)(H,73,77)(H4,60,61,63)/t29-,30-,31+,32-,33-,34-,35-,37-,38+,39+,40?,42-,43-,44+,45-,46+/m0/s1. The van der Waals surface area contributed by atoms with Gasteiger partial charge in [0, 0.05) is 13.0 Å². The van der Waals surface area contributed by atoms with E-state index in [0.29, 0.717) is 32.1 Å². The molecule has 1 heterocycles. The molecule has 488 valence electrons. The van der Waals surface area contributed by atoms with E-state index in [9.17, 15) is 62.6 Å². The number of primary amides is 1. The van der Waals surface area contributed by atoms with Crippen molar-refractivity contribution in [2.75, 3.05) is 20.2 Å². The number of esters is 1. The zero-order valence-electron chi connectivity index (χ0n) is 52.3. The molecule has 0 spiro atoms. The Kier molecular flexibility index (Phi) is 32.5. The number of cyclic esters (lactones) is 1. The number of aliphatic hydroxyl groups is 1. The summed E-state index contributed by atoms with van der Waals surface area (Å²) in [5, 5.41) is 39.2. The van der Waals surface area contributed by atoms with Gasteiger partial charge >= 0.3 is 5.97 Å². The number of nitrogens with one attached hydrogen (secondary N) is 11. The number of nitrogens with zero attached hydrogens (tertiary/aromatic N) is 1. The smallest absolute Gasteiger partial charge is 0.329 e. The van der Waals surface area contributed by atoms with Crippen LogP contribution in [0.2, 0.25) is 0 Å². The molecule has 87 heavy (non-hydrogen) atoms. The summed E-state index contributed by atoms with van der Waals surface area (Å²) in [6.45, 7) is 16.9. The Balaban J connectivity index is 2.37. The highest BCUT2D eigenvalue weighted by Crippen LogP contribution is 2.17. The molecule has 1 aliphatic heterocycles. The summed E-state index contributed by atoms with van der Waals surface area (Å²) in [6.07, 6.45) is -0.203. The number of aliphatic imine (C=N–C) groups is 1. The van der Waals surface area contributed by atoms with Gasteiger partial charge in [0.1, 0.15) is 66.5 Å². The molecule has 1 unspecified atom stereocenters. The summed E-state index contributed by atoms with van der Waals surface area (Å²) in [6, 6.07) is -5.51. The number of amides is 11. The predicted molar refractivity (Wildman–Crippen MR) is 322 cm³/mol. The first kappa shape index (κ1) is 75.1. The monoisotopic (exact) mass is 1230 g/mol. The molecule has 29 heteroatoms. The maximum atomic E-state index is 14.4. The van der Waals surface area contributed by atoms with Crippen LogP contribution in [0.15, 0.2) is 35.3 Å². The molecule has 0 bridgehead atoms. The second-order valence-electron chi connectivity index (χ2n) is 22.4. The fraction of sp³-hybridized carbons (Fsp3) is 0.672. The minimum Gasteiger partial charge on any atom is -0.458 e. The van der Waals surface area contributed by atoms with Gasteiger partial charge in [-0.1, -0.05) is 111 Å². The normalized spacial score (nSPS) is 21.1. The van der Waals surface area contributed by atoms with E-state index in [-0.39, 0.29) is 31.8 Å². The van der Waals surface area contributed by atoms with Gasteiger partial charge in [-0.15, -0.1) is 0 Å². The molecular formula is C58H97N15O14. The van der Waals surface area contributed by atoms with Crippen LogP contribution in [0.3, 0.4) is 0 Å². The van der Waals surface area contributed by atoms with Crippen LogP contribution in [0.1, 0.15) is 133 Å². The predicted octanol–water partition coefficient (Wildman–Crippen LogP) is -2.85. The van der Waals surface area contributed by atoms with Gasteiger partial charge < -0.3 is 85.5 Å². The molecule has 1 aromatic rings. The minimum absolute atomic E-state index is 0.0471. The summed E-state index contributed by atoms with van der Waals surface area (Å²) in [5.74, 6) is -12.6. The third-order valence-electron chi connectivity index (χ3n) is 15.7. The van der Waals surface area contributed by atoms with Gasteiger partial charge in [0.25, 0.3) is 0 Å². The van der Waals surface area contributed by atoms with Crippen molar-refractivity contribution in [1.29, 1.82) is 0 Å². The van der Waals surface area contributed by atoms with E-state index in [1.165, 1.54) is 20.8 Å². The number of likely N-dealkylation sites (N-methyl/N-ethyl adjacent to an activating group) is 1. The lowest BCUT2D eigenvalue weighted by Crippen LogP contribution is -2.62. The number of rotatable bonds is 33. The second kappa shape index (κ2) is 37.6. The number of benzene rings is 1. The molecule has 0 aromatic heterocycles. The fourth-order valence-corrected chi connectivity index (χ4v) is 9.04. The highest BCUT2D eigenvalue weighted by Gasteiger charge is 2.40. The molecule has 11 amide bonds. The molecule has 1 saturated heterocycles. The van der Waals surface area contributed by atoms with Crippen LogP contribution in [0, 0.1) is 23.7 Å². The maximum Gasteiger partial charge on any atom is 0.329 e. The summed E-state index contributed by atoms with van der Waals surface area (Å²) in [4.78, 5) is 169. The quantitative estimate of drug-likeness (QED) is 0.0146. The minimum atomic E-state index is -1.67. The van der Waals surface area contributed by atoms with Crippen LogP contribution in [-0.4, -0.2) is 175 Å². The van der Waals surface area contributed by atoms with E-state index in [0.717, 1.165) is 5.56 Å². The van der Waals surface area contributed by atoms with Crippen LogP contribution >= 0.6 is 0 Å². The van der Waals surface area contributed by atoms with Crippen molar-refractivity contribution in [3.63, 3.8) is 0 Å². The topological polar surface area (TPSA) is 457 Å². The van der Waals surface area contributed by atoms with Gasteiger partial charge in [0.05, 0.1) is 12.6 Å². The van der Waals surface area contributed by atoms with Crippen molar-refractivity contribution in [2.24, 2.45) is 45.9 Å². The molecule has 16 atom stereocenters. The number of carbonyl (C=O) groups excluding carboxylic acids is 12. The van der Waals surface area contributed by atoms with Crippen molar-refractivity contribution in [2.45, 2.75) is 207 Å². The number of hydrogen-bond acceptors (Lipinski definition) is 16. The number of guanidine groups is 1. The summed E-state index contributed by atoms with van der Waals surface area (Å²) >= 11 is 0. The van der Waals surface area contributed by atoms with Gasteiger partial charge in [-0.3, -0.25) is 57.7 Å². The second-order valence-corrected chi connectivity index (χ2v) is 22.4. The Morgan fingerprint density at radius 3 is 1.63 bits per heavy atom. The first-order chi connectivity index (χ1) is 41.0. The van der Waals surface area contributed by atoms with E-state index in [2.05, 4.69) is 63.5 Å². The Bertz CT molecular complexity index is 2540. The SMILES string of the molecule is CC[C@@H](C)[C@@H](NC(=O)[C@@H](CCC(N)=O)NC(=O)C(CO)NC(=O)[C@@H](NC(=O)[C@@H](Cc1ccccc1)NC)[C@@H](C)CC)C(=O)N[C@H](C(=O)N[C@@H](C)C(=O)N[C@H]1C(=O)N[C@@H](C)C(=O)N[C@@H](CCCN=C(N)N)C(=O)N[C@@H]([C@@H](C)CC)C(=O)O[C@H]1C)[C@@H](C)CC. The van der Waals surface area contributed by atoms with Crippen LogP contribution < -0.4 is 75.7 Å². The highest BCUT2D eigenvalue weighted by molar-refractivity contribution is 5.99. The highest BCUT2D eigenvalue weighted by atomic mass is 16.5. The molecular weight excluding hydrogens is 1130 g/mol. The lowest BCUT2D eigenvalue weighted by Gasteiger charge is -2.31. The zero-order valence-corrected chi connectivity index (χ0v) is 52.3. The molecule has 0 saturated carbocycles. The number of ether oxygens (including phenoxy) is 1. The number of aliphatic hydroxyl groups excluding tert-OH is 1. The molecule has 0 radical (unpaired) electrons. The van der Waals surface area contributed by atoms with Crippen LogP contribution in [0.25, 0.3) is 0 Å². The summed E-state index contributed by atoms with van der Waals surface area (Å²) in [7, 11) is 1.60. The van der Waals surface area contributed by atoms with Crippen LogP contribution in [-0.2, 0) is 68.7 Å². The van der Waals surface area contributed by atoms with E-state index in [4.69, 9.17) is 21.9 Å². The first-order valence-electron chi connectivity index (χ1n) is 29.9. The molecule has 1 aromatic carbocycles. The zero-order chi connectivity index (χ0) is 65.8. The van der Waals surface area contributed by atoms with Crippen molar-refractivity contribution in [3.8, 4) is 0 Å². The average Bonchev–Trinajstić information content (AvgIpc) is 3.36. The first-order valence-corrected chi connectivity index (χ1v) is 29.9. The summed E-state index contributed by atoms with van der Waals surface area (Å²) < 4.78 is 5.73. The van der Waals surface area contributed by atoms with E-state index < -0.39 is 180 Å². The Morgan fingerprint density at radius 1 is 0.621 bits per heavy atom. The lowest BCUT2D eigenvalue weighted by molar-refractivity contribution is -0.157.